The van der Waals surface area contributed by atoms with E-state index in [0.717, 1.165) is 5.56 Å². The van der Waals surface area contributed by atoms with Gasteiger partial charge in [-0.3, -0.25) is 9.59 Å². The predicted molar refractivity (Wildman–Crippen MR) is 77.2 cm³/mol. The standard InChI is InChI=1S/C15H22N2O3/c1-2-11(9-14(18)19)10-17-15(20)13(16)8-12-6-4-3-5-7-12/h3-7,11,13H,2,8-10,16H2,1H3,(H,17,20)(H,18,19)/t11?,13-/m0/s1. The van der Waals surface area contributed by atoms with Crippen molar-refractivity contribution >= 4 is 11.9 Å². The second-order valence-electron chi connectivity index (χ2n) is 4.91. The lowest BCUT2D eigenvalue weighted by atomic mass is 10.0. The monoisotopic (exact) mass is 278 g/mol. The number of carboxylic acid groups (broad SMARTS) is 1. The summed E-state index contributed by atoms with van der Waals surface area (Å²) in [7, 11) is 0. The molecule has 0 aliphatic carbocycles. The van der Waals surface area contributed by atoms with E-state index in [2.05, 4.69) is 5.32 Å². The van der Waals surface area contributed by atoms with Gasteiger partial charge in [0.25, 0.3) is 0 Å². The number of hydrogen-bond donors (Lipinski definition) is 3. The molecule has 2 atom stereocenters. The van der Waals surface area contributed by atoms with Crippen LogP contribution in [0.25, 0.3) is 0 Å². The number of carboxylic acids is 1. The summed E-state index contributed by atoms with van der Waals surface area (Å²) in [5.41, 5.74) is 6.86. The van der Waals surface area contributed by atoms with E-state index in [4.69, 9.17) is 10.8 Å². The fourth-order valence-electron chi connectivity index (χ4n) is 1.94. The van der Waals surface area contributed by atoms with Crippen LogP contribution in [0.15, 0.2) is 30.3 Å². The number of carbonyl (C=O) groups is 2. The van der Waals surface area contributed by atoms with Crippen LogP contribution >= 0.6 is 0 Å². The van der Waals surface area contributed by atoms with E-state index in [0.29, 0.717) is 19.4 Å². The highest BCUT2D eigenvalue weighted by molar-refractivity contribution is 5.81. The Morgan fingerprint density at radius 1 is 1.30 bits per heavy atom. The normalized spacial score (nSPS) is 13.5. The third kappa shape index (κ3) is 5.84. The molecule has 1 amide bonds. The molecule has 1 aromatic rings. The molecule has 1 aromatic carbocycles. The third-order valence-electron chi connectivity index (χ3n) is 3.24. The van der Waals surface area contributed by atoms with Crippen molar-refractivity contribution in [3.63, 3.8) is 0 Å². The maximum atomic E-state index is 11.9. The first-order chi connectivity index (χ1) is 9.52. The van der Waals surface area contributed by atoms with Crippen molar-refractivity contribution in [3.8, 4) is 0 Å². The highest BCUT2D eigenvalue weighted by atomic mass is 16.4. The zero-order valence-electron chi connectivity index (χ0n) is 11.7. The van der Waals surface area contributed by atoms with Gasteiger partial charge >= 0.3 is 5.97 Å². The molecule has 5 heteroatoms. The van der Waals surface area contributed by atoms with Gasteiger partial charge in [-0.1, -0.05) is 43.7 Å². The zero-order chi connectivity index (χ0) is 15.0. The zero-order valence-corrected chi connectivity index (χ0v) is 11.7. The molecule has 0 heterocycles. The largest absolute Gasteiger partial charge is 0.481 e. The van der Waals surface area contributed by atoms with E-state index >= 15 is 0 Å². The summed E-state index contributed by atoms with van der Waals surface area (Å²) in [6.07, 6.45) is 1.24. The van der Waals surface area contributed by atoms with E-state index in [1.807, 2.05) is 37.3 Å². The fraction of sp³-hybridized carbons (Fsp3) is 0.467. The number of rotatable bonds is 8. The smallest absolute Gasteiger partial charge is 0.303 e. The first-order valence-corrected chi connectivity index (χ1v) is 6.82. The molecule has 4 N–H and O–H groups in total. The molecular formula is C15H22N2O3. The van der Waals surface area contributed by atoms with Gasteiger partial charge in [-0.2, -0.15) is 0 Å². The maximum Gasteiger partial charge on any atom is 0.303 e. The molecular weight excluding hydrogens is 256 g/mol. The number of nitrogens with two attached hydrogens (primary N) is 1. The minimum absolute atomic E-state index is 0.0552. The Hall–Kier alpha value is -1.88. The molecule has 0 spiro atoms. The molecule has 0 saturated carbocycles. The van der Waals surface area contributed by atoms with E-state index in [1.165, 1.54) is 0 Å². The van der Waals surface area contributed by atoms with Gasteiger partial charge in [0.05, 0.1) is 6.04 Å². The number of aliphatic carboxylic acids is 1. The third-order valence-corrected chi connectivity index (χ3v) is 3.24. The van der Waals surface area contributed by atoms with Gasteiger partial charge in [-0.05, 0) is 17.9 Å². The van der Waals surface area contributed by atoms with Crippen LogP contribution in [0.1, 0.15) is 25.3 Å². The quantitative estimate of drug-likeness (QED) is 0.665. The van der Waals surface area contributed by atoms with Crippen LogP contribution in [-0.2, 0) is 16.0 Å². The van der Waals surface area contributed by atoms with Gasteiger partial charge in [0.2, 0.25) is 5.91 Å². The molecule has 0 aromatic heterocycles. The van der Waals surface area contributed by atoms with Gasteiger partial charge in [0.15, 0.2) is 0 Å². The van der Waals surface area contributed by atoms with Crippen LogP contribution in [0, 0.1) is 5.92 Å². The van der Waals surface area contributed by atoms with Crippen molar-refractivity contribution in [1.82, 2.24) is 5.32 Å². The van der Waals surface area contributed by atoms with Crippen LogP contribution < -0.4 is 11.1 Å². The van der Waals surface area contributed by atoms with Crippen molar-refractivity contribution in [2.24, 2.45) is 11.7 Å². The summed E-state index contributed by atoms with van der Waals surface area (Å²) in [6.45, 7) is 2.26. The highest BCUT2D eigenvalue weighted by Crippen LogP contribution is 2.07. The summed E-state index contributed by atoms with van der Waals surface area (Å²) < 4.78 is 0. The number of amides is 1. The SMILES string of the molecule is CCC(CNC(=O)[C@@H](N)Cc1ccccc1)CC(=O)O. The molecule has 0 bridgehead atoms. The average molecular weight is 278 g/mol. The Kier molecular flexibility index (Phi) is 6.73. The lowest BCUT2D eigenvalue weighted by molar-refractivity contribution is -0.138. The van der Waals surface area contributed by atoms with E-state index in [-0.39, 0.29) is 18.2 Å². The number of carbonyl (C=O) groups excluding carboxylic acids is 1. The molecule has 0 radical (unpaired) electrons. The van der Waals surface area contributed by atoms with Gasteiger partial charge < -0.3 is 16.2 Å². The van der Waals surface area contributed by atoms with E-state index in [9.17, 15) is 9.59 Å². The number of hydrogen-bond acceptors (Lipinski definition) is 3. The Morgan fingerprint density at radius 3 is 2.50 bits per heavy atom. The Balaban J connectivity index is 2.39. The summed E-state index contributed by atoms with van der Waals surface area (Å²) >= 11 is 0. The molecule has 1 rings (SSSR count). The van der Waals surface area contributed by atoms with Crippen LogP contribution in [0.3, 0.4) is 0 Å². The fourth-order valence-corrected chi connectivity index (χ4v) is 1.94. The van der Waals surface area contributed by atoms with Crippen molar-refractivity contribution < 1.29 is 14.7 Å². The van der Waals surface area contributed by atoms with Crippen LogP contribution in [0.4, 0.5) is 0 Å². The first kappa shape index (κ1) is 16.2. The second kappa shape index (κ2) is 8.32. The topological polar surface area (TPSA) is 92.4 Å². The van der Waals surface area contributed by atoms with Gasteiger partial charge in [-0.15, -0.1) is 0 Å². The summed E-state index contributed by atoms with van der Waals surface area (Å²) in [6, 6.07) is 8.95. The molecule has 1 unspecified atom stereocenters. The lowest BCUT2D eigenvalue weighted by Crippen LogP contribution is -2.43. The van der Waals surface area contributed by atoms with Crippen LogP contribution in [0.2, 0.25) is 0 Å². The Labute approximate surface area is 119 Å². The van der Waals surface area contributed by atoms with E-state index in [1.54, 1.807) is 0 Å². The van der Waals surface area contributed by atoms with Gasteiger partial charge in [0, 0.05) is 13.0 Å². The van der Waals surface area contributed by atoms with Crippen LogP contribution in [-0.4, -0.2) is 29.6 Å². The molecule has 5 nitrogen and oxygen atoms in total. The number of benzene rings is 1. The molecule has 0 fully saturated rings. The minimum Gasteiger partial charge on any atom is -0.481 e. The van der Waals surface area contributed by atoms with Crippen molar-refractivity contribution in [2.75, 3.05) is 6.54 Å². The molecule has 20 heavy (non-hydrogen) atoms. The van der Waals surface area contributed by atoms with E-state index < -0.39 is 12.0 Å². The summed E-state index contributed by atoms with van der Waals surface area (Å²) in [5, 5.41) is 11.5. The molecule has 110 valence electrons. The van der Waals surface area contributed by atoms with Crippen LogP contribution in [0.5, 0.6) is 0 Å². The Morgan fingerprint density at radius 2 is 1.95 bits per heavy atom. The Bertz CT molecular complexity index is 434. The van der Waals surface area contributed by atoms with Gasteiger partial charge in [-0.25, -0.2) is 0 Å². The summed E-state index contributed by atoms with van der Waals surface area (Å²) in [5.74, 6) is -1.14. The predicted octanol–water partition coefficient (Wildman–Crippen LogP) is 1.17. The maximum absolute atomic E-state index is 11.9. The van der Waals surface area contributed by atoms with Crippen molar-refractivity contribution in [2.45, 2.75) is 32.2 Å². The average Bonchev–Trinajstić information content (AvgIpc) is 2.43. The molecule has 0 aliphatic heterocycles. The van der Waals surface area contributed by atoms with Crippen molar-refractivity contribution in [3.05, 3.63) is 35.9 Å². The molecule has 0 aliphatic rings. The van der Waals surface area contributed by atoms with Crippen molar-refractivity contribution in [1.29, 1.82) is 0 Å². The van der Waals surface area contributed by atoms with Gasteiger partial charge in [0.1, 0.15) is 0 Å². The minimum atomic E-state index is -0.848. The highest BCUT2D eigenvalue weighted by Gasteiger charge is 2.17. The summed E-state index contributed by atoms with van der Waals surface area (Å²) in [4.78, 5) is 22.5. The first-order valence-electron chi connectivity index (χ1n) is 6.82. The number of nitrogens with one attached hydrogen (secondary N) is 1. The lowest BCUT2D eigenvalue weighted by Gasteiger charge is -2.16. The second-order valence-corrected chi connectivity index (χ2v) is 4.91. The molecule has 0 saturated heterocycles.